The molecule has 2 aliphatic rings. The zero-order chi connectivity index (χ0) is 15.3. The van der Waals surface area contributed by atoms with Crippen LogP contribution in [0.15, 0.2) is 24.3 Å². The van der Waals surface area contributed by atoms with Gasteiger partial charge in [-0.15, -0.1) is 11.3 Å². The van der Waals surface area contributed by atoms with Crippen LogP contribution in [-0.2, 0) is 0 Å². The highest BCUT2D eigenvalue weighted by Gasteiger charge is 2.39. The van der Waals surface area contributed by atoms with Gasteiger partial charge in [-0.3, -0.25) is 9.59 Å². The van der Waals surface area contributed by atoms with Crippen LogP contribution < -0.4 is 10.6 Å². The molecular weight excluding hydrogens is 296 g/mol. The predicted octanol–water partition coefficient (Wildman–Crippen LogP) is 2.73. The fourth-order valence-corrected chi connectivity index (χ4v) is 4.53. The van der Waals surface area contributed by atoms with Gasteiger partial charge < -0.3 is 10.6 Å². The number of ketones is 1. The molecule has 3 heterocycles. The Morgan fingerprint density at radius 3 is 2.82 bits per heavy atom. The molecule has 0 unspecified atom stereocenters. The molecule has 2 bridgehead atoms. The molecule has 5 heteroatoms. The quantitative estimate of drug-likeness (QED) is 0.857. The van der Waals surface area contributed by atoms with Gasteiger partial charge in [0.05, 0.1) is 4.88 Å². The van der Waals surface area contributed by atoms with E-state index < -0.39 is 0 Å². The molecule has 22 heavy (non-hydrogen) atoms. The molecule has 1 aromatic heterocycles. The topological polar surface area (TPSA) is 58.2 Å². The lowest BCUT2D eigenvalue weighted by molar-refractivity contribution is 0.0930. The summed E-state index contributed by atoms with van der Waals surface area (Å²) in [5.74, 6) is 0.0529. The number of amides is 1. The first-order valence-corrected chi connectivity index (χ1v) is 8.53. The van der Waals surface area contributed by atoms with Gasteiger partial charge in [0.2, 0.25) is 0 Å². The number of nitrogens with one attached hydrogen (secondary N) is 2. The van der Waals surface area contributed by atoms with Crippen molar-refractivity contribution >= 4 is 33.1 Å². The molecule has 2 aromatic rings. The van der Waals surface area contributed by atoms with Crippen LogP contribution in [0.5, 0.6) is 0 Å². The summed E-state index contributed by atoms with van der Waals surface area (Å²) in [5.41, 5.74) is 0.670. The lowest BCUT2D eigenvalue weighted by atomic mass is 9.95. The number of carbonyl (C=O) groups is 2. The van der Waals surface area contributed by atoms with Crippen molar-refractivity contribution in [3.8, 4) is 0 Å². The summed E-state index contributed by atoms with van der Waals surface area (Å²) in [5, 5.41) is 7.65. The Morgan fingerprint density at radius 2 is 2.14 bits per heavy atom. The molecule has 3 atom stereocenters. The van der Waals surface area contributed by atoms with Gasteiger partial charge in [0.25, 0.3) is 5.91 Å². The van der Waals surface area contributed by atoms with Gasteiger partial charge in [-0.25, -0.2) is 0 Å². The molecule has 2 aliphatic heterocycles. The van der Waals surface area contributed by atoms with E-state index in [9.17, 15) is 9.59 Å². The standard InChI is InChI=1S/C17H18N2O2S/c1-9(20)16-7-11-6-10(2-5-15(11)22-16)17(21)19-14-8-12-3-4-13(14)18-12/h2,5-7,12-14,18H,3-4,8H2,1H3,(H,19,21)/t12-,13+,14-/m1/s1. The van der Waals surface area contributed by atoms with Crippen LogP contribution in [0.4, 0.5) is 0 Å². The SMILES string of the molecule is CC(=O)c1cc2cc(C(=O)N[C@@H]3C[C@H]4CC[C@@H]3N4)ccc2s1. The molecule has 4 rings (SSSR count). The van der Waals surface area contributed by atoms with Crippen LogP contribution in [-0.4, -0.2) is 29.8 Å². The third kappa shape index (κ3) is 2.34. The molecule has 2 saturated heterocycles. The first-order chi connectivity index (χ1) is 10.6. The number of hydrogen-bond acceptors (Lipinski definition) is 4. The number of carbonyl (C=O) groups excluding carboxylic acids is 2. The van der Waals surface area contributed by atoms with Crippen molar-refractivity contribution in [2.45, 2.75) is 44.3 Å². The highest BCUT2D eigenvalue weighted by atomic mass is 32.1. The van der Waals surface area contributed by atoms with Gasteiger partial charge in [0, 0.05) is 28.4 Å². The Labute approximate surface area is 132 Å². The van der Waals surface area contributed by atoms with Crippen LogP contribution in [0.25, 0.3) is 10.1 Å². The first-order valence-electron chi connectivity index (χ1n) is 7.71. The minimum Gasteiger partial charge on any atom is -0.348 e. The van der Waals surface area contributed by atoms with E-state index in [0.717, 1.165) is 27.8 Å². The Kier molecular flexibility index (Phi) is 3.27. The number of Topliss-reactive ketones (excluding diaryl/α,β-unsaturated/α-hetero) is 1. The molecule has 2 N–H and O–H groups in total. The normalized spacial score (nSPS) is 26.5. The van der Waals surface area contributed by atoms with E-state index in [0.29, 0.717) is 17.6 Å². The first kappa shape index (κ1) is 13.9. The maximum Gasteiger partial charge on any atom is 0.251 e. The number of hydrogen-bond donors (Lipinski definition) is 2. The molecule has 4 nitrogen and oxygen atoms in total. The average Bonchev–Trinajstić information content (AvgIpc) is 3.20. The second-order valence-electron chi connectivity index (χ2n) is 6.28. The minimum absolute atomic E-state index is 0.0168. The zero-order valence-electron chi connectivity index (χ0n) is 12.4. The van der Waals surface area contributed by atoms with Crippen LogP contribution in [0.1, 0.15) is 46.2 Å². The van der Waals surface area contributed by atoms with Crippen molar-refractivity contribution in [1.29, 1.82) is 0 Å². The number of fused-ring (bicyclic) bond motifs is 3. The van der Waals surface area contributed by atoms with E-state index in [1.165, 1.54) is 17.8 Å². The van der Waals surface area contributed by atoms with Gasteiger partial charge in [-0.2, -0.15) is 0 Å². The fourth-order valence-electron chi connectivity index (χ4n) is 3.59. The highest BCUT2D eigenvalue weighted by molar-refractivity contribution is 7.20. The average molecular weight is 314 g/mol. The second-order valence-corrected chi connectivity index (χ2v) is 7.37. The van der Waals surface area contributed by atoms with Crippen LogP contribution in [0, 0.1) is 0 Å². The maximum atomic E-state index is 12.5. The second kappa shape index (κ2) is 5.18. The molecule has 1 amide bonds. The molecule has 2 fully saturated rings. The van der Waals surface area contributed by atoms with Gasteiger partial charge in [-0.1, -0.05) is 0 Å². The van der Waals surface area contributed by atoms with Crippen molar-refractivity contribution in [2.24, 2.45) is 0 Å². The zero-order valence-corrected chi connectivity index (χ0v) is 13.2. The van der Waals surface area contributed by atoms with E-state index in [2.05, 4.69) is 10.6 Å². The van der Waals surface area contributed by atoms with Crippen LogP contribution in [0.3, 0.4) is 0 Å². The minimum atomic E-state index is -0.0168. The van der Waals surface area contributed by atoms with Crippen LogP contribution >= 0.6 is 11.3 Å². The van der Waals surface area contributed by atoms with Gasteiger partial charge in [-0.05, 0) is 55.8 Å². The van der Waals surface area contributed by atoms with E-state index >= 15 is 0 Å². The third-order valence-corrected chi connectivity index (χ3v) is 5.96. The number of rotatable bonds is 3. The largest absolute Gasteiger partial charge is 0.348 e. The molecule has 0 spiro atoms. The molecule has 114 valence electrons. The van der Waals surface area contributed by atoms with Gasteiger partial charge >= 0.3 is 0 Å². The Bertz CT molecular complexity index is 767. The van der Waals surface area contributed by atoms with Gasteiger partial charge in [0.15, 0.2) is 5.78 Å². The fraction of sp³-hybridized carbons (Fsp3) is 0.412. The summed E-state index contributed by atoms with van der Waals surface area (Å²) >= 11 is 1.48. The molecule has 0 aliphatic carbocycles. The van der Waals surface area contributed by atoms with Crippen molar-refractivity contribution < 1.29 is 9.59 Å². The van der Waals surface area contributed by atoms with E-state index in [1.54, 1.807) is 6.92 Å². The smallest absolute Gasteiger partial charge is 0.251 e. The number of benzene rings is 1. The monoisotopic (exact) mass is 314 g/mol. The van der Waals surface area contributed by atoms with Crippen LogP contribution in [0.2, 0.25) is 0 Å². The lowest BCUT2D eigenvalue weighted by Crippen LogP contribution is -2.42. The Balaban J connectivity index is 1.55. The summed E-state index contributed by atoms with van der Waals surface area (Å²) in [6, 6.07) is 8.79. The van der Waals surface area contributed by atoms with E-state index in [1.807, 2.05) is 24.3 Å². The lowest BCUT2D eigenvalue weighted by Gasteiger charge is -2.21. The summed E-state index contributed by atoms with van der Waals surface area (Å²) in [6.07, 6.45) is 3.42. The predicted molar refractivity (Wildman–Crippen MR) is 87.6 cm³/mol. The summed E-state index contributed by atoms with van der Waals surface area (Å²) in [6.45, 7) is 1.57. The third-order valence-electron chi connectivity index (χ3n) is 4.74. The Morgan fingerprint density at radius 1 is 1.27 bits per heavy atom. The summed E-state index contributed by atoms with van der Waals surface area (Å²) < 4.78 is 1.04. The summed E-state index contributed by atoms with van der Waals surface area (Å²) in [4.78, 5) is 24.7. The number of thiophene rings is 1. The molecule has 0 saturated carbocycles. The highest BCUT2D eigenvalue weighted by Crippen LogP contribution is 2.29. The van der Waals surface area contributed by atoms with Crippen molar-refractivity contribution in [1.82, 2.24) is 10.6 Å². The summed E-state index contributed by atoms with van der Waals surface area (Å²) in [7, 11) is 0. The van der Waals surface area contributed by atoms with E-state index in [-0.39, 0.29) is 17.7 Å². The molecule has 0 radical (unpaired) electrons. The molecular formula is C17H18N2O2S. The molecule has 1 aromatic carbocycles. The maximum absolute atomic E-state index is 12.5. The van der Waals surface area contributed by atoms with Crippen molar-refractivity contribution in [3.05, 3.63) is 34.7 Å². The van der Waals surface area contributed by atoms with Gasteiger partial charge in [0.1, 0.15) is 0 Å². The van der Waals surface area contributed by atoms with Crippen molar-refractivity contribution in [3.63, 3.8) is 0 Å². The van der Waals surface area contributed by atoms with E-state index in [4.69, 9.17) is 0 Å². The Hall–Kier alpha value is -1.72. The van der Waals surface area contributed by atoms with Crippen molar-refractivity contribution in [2.75, 3.05) is 0 Å².